The van der Waals surface area contributed by atoms with Gasteiger partial charge in [0.1, 0.15) is 10.8 Å². The first-order valence-corrected chi connectivity index (χ1v) is 9.18. The van der Waals surface area contributed by atoms with Gasteiger partial charge in [0.15, 0.2) is 9.84 Å². The average Bonchev–Trinajstić information content (AvgIpc) is 2.65. The summed E-state index contributed by atoms with van der Waals surface area (Å²) >= 11 is 1.45. The van der Waals surface area contributed by atoms with Gasteiger partial charge in [-0.2, -0.15) is 0 Å². The number of hydrogen-bond acceptors (Lipinski definition) is 6. The molecular weight excluding hydrogens is 284 g/mol. The first-order valence-electron chi connectivity index (χ1n) is 6.31. The fourth-order valence-electron chi connectivity index (χ4n) is 1.61. The molecule has 1 aromatic rings. The summed E-state index contributed by atoms with van der Waals surface area (Å²) < 4.78 is 27.7. The van der Waals surface area contributed by atoms with Crippen LogP contribution in [0, 0.1) is 0 Å². The molecule has 0 aliphatic heterocycles. The summed E-state index contributed by atoms with van der Waals surface area (Å²) in [5.74, 6) is 0.00331. The van der Waals surface area contributed by atoms with Crippen LogP contribution in [0.15, 0.2) is 0 Å². The summed E-state index contributed by atoms with van der Waals surface area (Å²) in [6.07, 6.45) is 3.51. The van der Waals surface area contributed by atoms with E-state index in [1.807, 2.05) is 0 Å². The molecule has 0 saturated heterocycles. The Morgan fingerprint density at radius 3 is 2.74 bits per heavy atom. The molecule has 0 unspecified atom stereocenters. The summed E-state index contributed by atoms with van der Waals surface area (Å²) in [5, 5.41) is 3.98. The maximum atomic E-state index is 11.3. The van der Waals surface area contributed by atoms with E-state index in [2.05, 4.69) is 17.2 Å². The Hall–Kier alpha value is -0.500. The van der Waals surface area contributed by atoms with Crippen molar-refractivity contribution in [3.05, 3.63) is 15.6 Å². The maximum absolute atomic E-state index is 11.3. The Morgan fingerprint density at radius 2 is 2.16 bits per heavy atom. The van der Waals surface area contributed by atoms with Crippen LogP contribution in [-0.4, -0.2) is 33.3 Å². The minimum Gasteiger partial charge on any atom is -0.378 e. The lowest BCUT2D eigenvalue weighted by molar-refractivity contribution is 0.181. The highest BCUT2D eigenvalue weighted by molar-refractivity contribution is 7.90. The smallest absolute Gasteiger partial charge is 0.153 e. The molecule has 0 fully saturated rings. The molecule has 0 radical (unpaired) electrons. The van der Waals surface area contributed by atoms with Gasteiger partial charge in [-0.05, 0) is 13.0 Å². The second-order valence-electron chi connectivity index (χ2n) is 4.51. The quantitative estimate of drug-likeness (QED) is 0.704. The van der Waals surface area contributed by atoms with E-state index in [-0.39, 0.29) is 5.75 Å². The Morgan fingerprint density at radius 1 is 1.42 bits per heavy atom. The van der Waals surface area contributed by atoms with Crippen LogP contribution in [-0.2, 0) is 33.5 Å². The summed E-state index contributed by atoms with van der Waals surface area (Å²) in [6.45, 7) is 4.25. The number of aromatic nitrogens is 1. The molecule has 5 nitrogen and oxygen atoms in total. The number of unbranched alkanes of at least 4 members (excludes halogenated alkanes) is 1. The molecule has 0 saturated carbocycles. The van der Waals surface area contributed by atoms with Crippen molar-refractivity contribution in [3.63, 3.8) is 0 Å². The van der Waals surface area contributed by atoms with Gasteiger partial charge in [0.25, 0.3) is 0 Å². The van der Waals surface area contributed by atoms with Gasteiger partial charge in [-0.1, -0.05) is 13.3 Å². The van der Waals surface area contributed by atoms with E-state index in [9.17, 15) is 8.42 Å². The Labute approximate surface area is 119 Å². The van der Waals surface area contributed by atoms with Crippen LogP contribution in [0.2, 0.25) is 0 Å². The molecule has 1 aromatic heterocycles. The monoisotopic (exact) mass is 306 g/mol. The Kier molecular flexibility index (Phi) is 6.92. The normalized spacial score (nSPS) is 11.9. The second-order valence-corrected chi connectivity index (χ2v) is 7.82. The number of methoxy groups -OCH3 is 1. The number of ether oxygens (including phenoxy) is 1. The standard InChI is InChI=1S/C12H22N2O3S2/c1-4-5-6-13-7-11-10(8-17-2)14-12(18-11)9-19(3,15)16/h13H,4-9H2,1-3H3. The summed E-state index contributed by atoms with van der Waals surface area (Å²) in [4.78, 5) is 5.42. The number of nitrogens with zero attached hydrogens (tertiary/aromatic N) is 1. The van der Waals surface area contributed by atoms with Crippen molar-refractivity contribution in [1.82, 2.24) is 10.3 Å². The Bertz CT molecular complexity index is 483. The van der Waals surface area contributed by atoms with E-state index in [1.54, 1.807) is 7.11 Å². The van der Waals surface area contributed by atoms with Gasteiger partial charge in [-0.3, -0.25) is 0 Å². The van der Waals surface area contributed by atoms with Gasteiger partial charge in [-0.25, -0.2) is 13.4 Å². The maximum Gasteiger partial charge on any atom is 0.153 e. The van der Waals surface area contributed by atoms with Crippen molar-refractivity contribution >= 4 is 21.2 Å². The van der Waals surface area contributed by atoms with Crippen molar-refractivity contribution < 1.29 is 13.2 Å². The number of thiazole rings is 1. The van der Waals surface area contributed by atoms with Gasteiger partial charge >= 0.3 is 0 Å². The molecule has 1 heterocycles. The molecule has 0 aromatic carbocycles. The van der Waals surface area contributed by atoms with Crippen molar-refractivity contribution in [1.29, 1.82) is 0 Å². The van der Waals surface area contributed by atoms with Gasteiger partial charge in [-0.15, -0.1) is 11.3 Å². The van der Waals surface area contributed by atoms with Crippen molar-refractivity contribution in [2.75, 3.05) is 19.9 Å². The fourth-order valence-corrected chi connectivity index (χ4v) is 3.84. The van der Waals surface area contributed by atoms with Gasteiger partial charge in [0.05, 0.1) is 12.3 Å². The molecule has 1 N–H and O–H groups in total. The Balaban J connectivity index is 2.71. The van der Waals surface area contributed by atoms with E-state index in [0.717, 1.165) is 36.5 Å². The molecular formula is C12H22N2O3S2. The first kappa shape index (κ1) is 16.6. The summed E-state index contributed by atoms with van der Waals surface area (Å²) in [7, 11) is -1.42. The van der Waals surface area contributed by atoms with Crippen LogP contribution in [0.1, 0.15) is 35.3 Å². The third-order valence-electron chi connectivity index (χ3n) is 2.48. The summed E-state index contributed by atoms with van der Waals surface area (Å²) in [5.41, 5.74) is 0.843. The van der Waals surface area contributed by atoms with Crippen molar-refractivity contribution in [2.24, 2.45) is 0 Å². The molecule has 0 aliphatic carbocycles. The highest BCUT2D eigenvalue weighted by Crippen LogP contribution is 2.21. The van der Waals surface area contributed by atoms with Crippen LogP contribution in [0.25, 0.3) is 0 Å². The number of sulfone groups is 1. The fraction of sp³-hybridized carbons (Fsp3) is 0.750. The zero-order valence-corrected chi connectivity index (χ0v) is 13.4. The zero-order chi connectivity index (χ0) is 14.3. The number of nitrogens with one attached hydrogen (secondary N) is 1. The van der Waals surface area contributed by atoms with Crippen LogP contribution >= 0.6 is 11.3 Å². The predicted octanol–water partition coefficient (Wildman–Crippen LogP) is 1.72. The second kappa shape index (κ2) is 7.94. The molecule has 110 valence electrons. The van der Waals surface area contributed by atoms with E-state index in [1.165, 1.54) is 17.6 Å². The molecule has 0 bridgehead atoms. The molecule has 0 atom stereocenters. The average molecular weight is 306 g/mol. The van der Waals surface area contributed by atoms with Crippen LogP contribution in [0.3, 0.4) is 0 Å². The van der Waals surface area contributed by atoms with Gasteiger partial charge in [0.2, 0.25) is 0 Å². The molecule has 0 spiro atoms. The number of rotatable bonds is 9. The van der Waals surface area contributed by atoms with Gasteiger partial charge < -0.3 is 10.1 Å². The van der Waals surface area contributed by atoms with E-state index >= 15 is 0 Å². The third kappa shape index (κ3) is 6.47. The zero-order valence-electron chi connectivity index (χ0n) is 11.7. The molecule has 19 heavy (non-hydrogen) atoms. The predicted molar refractivity (Wildman–Crippen MR) is 78.0 cm³/mol. The topological polar surface area (TPSA) is 68.3 Å². The lowest BCUT2D eigenvalue weighted by Crippen LogP contribution is -2.14. The largest absolute Gasteiger partial charge is 0.378 e. The van der Waals surface area contributed by atoms with Crippen LogP contribution in [0.5, 0.6) is 0 Å². The molecule has 0 aliphatic rings. The lowest BCUT2D eigenvalue weighted by atomic mass is 10.3. The van der Waals surface area contributed by atoms with Crippen molar-refractivity contribution in [2.45, 2.75) is 38.7 Å². The highest BCUT2D eigenvalue weighted by Gasteiger charge is 2.14. The lowest BCUT2D eigenvalue weighted by Gasteiger charge is -2.03. The van der Waals surface area contributed by atoms with E-state index < -0.39 is 9.84 Å². The minimum atomic E-state index is -3.04. The van der Waals surface area contributed by atoms with E-state index in [4.69, 9.17) is 4.74 Å². The SMILES string of the molecule is CCCCNCc1sc(CS(C)(=O)=O)nc1COC. The molecule has 0 amide bonds. The van der Waals surface area contributed by atoms with Crippen LogP contribution in [0.4, 0.5) is 0 Å². The highest BCUT2D eigenvalue weighted by atomic mass is 32.2. The molecule has 7 heteroatoms. The van der Waals surface area contributed by atoms with E-state index in [0.29, 0.717) is 11.6 Å². The van der Waals surface area contributed by atoms with Crippen molar-refractivity contribution in [3.8, 4) is 0 Å². The molecule has 1 rings (SSSR count). The van der Waals surface area contributed by atoms with Crippen LogP contribution < -0.4 is 5.32 Å². The first-order chi connectivity index (χ1) is 8.96. The summed E-state index contributed by atoms with van der Waals surface area (Å²) in [6, 6.07) is 0. The minimum absolute atomic E-state index is 0.00331. The third-order valence-corrected chi connectivity index (χ3v) is 4.56. The number of hydrogen-bond donors (Lipinski definition) is 1. The van der Waals surface area contributed by atoms with Gasteiger partial charge in [0, 0.05) is 24.8 Å².